The molecule has 1 aromatic carbocycles. The molecule has 0 aliphatic rings. The number of carbonyl (C=O) groups excluding carboxylic acids is 1. The van der Waals surface area contributed by atoms with Crippen molar-refractivity contribution in [3.8, 4) is 11.5 Å². The maximum atomic E-state index is 12.3. The molecule has 5 heteroatoms. The van der Waals surface area contributed by atoms with Gasteiger partial charge in [-0.1, -0.05) is 17.7 Å². The van der Waals surface area contributed by atoms with Crippen LogP contribution in [0.15, 0.2) is 42.6 Å². The molecule has 0 radical (unpaired) electrons. The number of carbonyl (C=O) groups is 1. The standard InChI is InChI=1S/C21H23NO4/c1-14(2)8-11-17-18(25-3)13-15(19(20(17)23)21(24)26-4)9-10-16-7-5-6-12-22-16/h5-7,9-10,12-13,23H,1,8,11H2,2-4H3. The molecule has 0 aliphatic carbocycles. The van der Waals surface area contributed by atoms with E-state index in [1.165, 1.54) is 14.2 Å². The molecule has 1 N–H and O–H groups in total. The highest BCUT2D eigenvalue weighted by atomic mass is 16.5. The monoisotopic (exact) mass is 353 g/mol. The fraction of sp³-hybridized carbons (Fsp3) is 0.238. The van der Waals surface area contributed by atoms with Crippen molar-refractivity contribution in [3.63, 3.8) is 0 Å². The lowest BCUT2D eigenvalue weighted by atomic mass is 9.96. The fourth-order valence-corrected chi connectivity index (χ4v) is 2.56. The summed E-state index contributed by atoms with van der Waals surface area (Å²) in [6.45, 7) is 5.79. The quantitative estimate of drug-likeness (QED) is 0.595. The molecule has 5 nitrogen and oxygen atoms in total. The van der Waals surface area contributed by atoms with Crippen molar-refractivity contribution in [2.75, 3.05) is 14.2 Å². The molecule has 2 aromatic rings. The number of aromatic nitrogens is 1. The minimum absolute atomic E-state index is 0.109. The van der Waals surface area contributed by atoms with Gasteiger partial charge < -0.3 is 14.6 Å². The van der Waals surface area contributed by atoms with E-state index in [1.54, 1.807) is 24.4 Å². The number of hydrogen-bond acceptors (Lipinski definition) is 5. The largest absolute Gasteiger partial charge is 0.507 e. The molecule has 0 atom stereocenters. The molecule has 1 aromatic heterocycles. The van der Waals surface area contributed by atoms with E-state index < -0.39 is 5.97 Å². The Morgan fingerprint density at radius 2 is 2.08 bits per heavy atom. The van der Waals surface area contributed by atoms with Gasteiger partial charge in [0.25, 0.3) is 0 Å². The van der Waals surface area contributed by atoms with Crippen LogP contribution in [0, 0.1) is 0 Å². The molecule has 26 heavy (non-hydrogen) atoms. The topological polar surface area (TPSA) is 68.7 Å². The highest BCUT2D eigenvalue weighted by Gasteiger charge is 2.22. The first-order valence-electron chi connectivity index (χ1n) is 8.22. The molecule has 0 spiro atoms. The third-order valence-corrected chi connectivity index (χ3v) is 3.93. The zero-order valence-electron chi connectivity index (χ0n) is 15.3. The van der Waals surface area contributed by atoms with E-state index in [0.717, 1.165) is 11.3 Å². The molecule has 0 saturated heterocycles. The minimum atomic E-state index is -0.609. The van der Waals surface area contributed by atoms with Crippen molar-refractivity contribution in [1.29, 1.82) is 0 Å². The Hall–Kier alpha value is -3.08. The summed E-state index contributed by atoms with van der Waals surface area (Å²) in [6, 6.07) is 7.25. The van der Waals surface area contributed by atoms with Crippen LogP contribution in [0.4, 0.5) is 0 Å². The van der Waals surface area contributed by atoms with Crippen LogP contribution in [0.5, 0.6) is 11.5 Å². The average molecular weight is 353 g/mol. The van der Waals surface area contributed by atoms with Crippen LogP contribution < -0.4 is 4.74 Å². The van der Waals surface area contributed by atoms with E-state index in [0.29, 0.717) is 29.7 Å². The van der Waals surface area contributed by atoms with Crippen molar-refractivity contribution in [2.45, 2.75) is 19.8 Å². The summed E-state index contributed by atoms with van der Waals surface area (Å²) in [7, 11) is 2.81. The van der Waals surface area contributed by atoms with Gasteiger partial charge in [-0.15, -0.1) is 6.58 Å². The van der Waals surface area contributed by atoms with E-state index >= 15 is 0 Å². The number of allylic oxidation sites excluding steroid dienone is 1. The molecule has 0 amide bonds. The SMILES string of the molecule is C=C(C)CCc1c(OC)cc(C=Cc2ccccn2)c(C(=O)OC)c1O. The number of ether oxygens (including phenoxy) is 2. The van der Waals surface area contributed by atoms with E-state index in [9.17, 15) is 9.90 Å². The van der Waals surface area contributed by atoms with Gasteiger partial charge in [-0.25, -0.2) is 4.79 Å². The Morgan fingerprint density at radius 1 is 1.31 bits per heavy atom. The van der Waals surface area contributed by atoms with Gasteiger partial charge in [-0.2, -0.15) is 0 Å². The second-order valence-electron chi connectivity index (χ2n) is 5.91. The third kappa shape index (κ3) is 4.51. The molecule has 0 bridgehead atoms. The Morgan fingerprint density at radius 3 is 2.65 bits per heavy atom. The van der Waals surface area contributed by atoms with E-state index in [1.807, 2.05) is 25.1 Å². The van der Waals surface area contributed by atoms with Gasteiger partial charge in [0.1, 0.15) is 17.1 Å². The van der Waals surface area contributed by atoms with E-state index in [2.05, 4.69) is 11.6 Å². The number of methoxy groups -OCH3 is 2. The summed E-state index contributed by atoms with van der Waals surface area (Å²) in [5, 5.41) is 10.7. The Labute approximate surface area is 153 Å². The lowest BCUT2D eigenvalue weighted by Gasteiger charge is -2.16. The predicted octanol–water partition coefficient (Wildman–Crippen LogP) is 4.26. The highest BCUT2D eigenvalue weighted by molar-refractivity contribution is 5.98. The first-order valence-corrected chi connectivity index (χ1v) is 8.22. The Kier molecular flexibility index (Phi) is 6.55. The maximum Gasteiger partial charge on any atom is 0.342 e. The van der Waals surface area contributed by atoms with Crippen LogP contribution in [0.25, 0.3) is 12.2 Å². The Bertz CT molecular complexity index is 826. The van der Waals surface area contributed by atoms with Gasteiger partial charge in [0, 0.05) is 11.8 Å². The van der Waals surface area contributed by atoms with Crippen LogP contribution in [0.1, 0.15) is 40.5 Å². The zero-order chi connectivity index (χ0) is 19.1. The normalized spacial score (nSPS) is 10.7. The molecule has 0 unspecified atom stereocenters. The van der Waals surface area contributed by atoms with Crippen LogP contribution >= 0.6 is 0 Å². The summed E-state index contributed by atoms with van der Waals surface area (Å²) >= 11 is 0. The molecular formula is C21H23NO4. The smallest absolute Gasteiger partial charge is 0.342 e. The molecule has 1 heterocycles. The van der Waals surface area contributed by atoms with Gasteiger partial charge in [-0.05, 0) is 49.6 Å². The number of hydrogen-bond donors (Lipinski definition) is 1. The summed E-state index contributed by atoms with van der Waals surface area (Å²) in [5.41, 5.74) is 2.87. The maximum absolute atomic E-state index is 12.3. The van der Waals surface area contributed by atoms with Crippen molar-refractivity contribution in [2.24, 2.45) is 0 Å². The number of phenols is 1. The van der Waals surface area contributed by atoms with E-state index in [-0.39, 0.29) is 11.3 Å². The number of nitrogens with zero attached hydrogens (tertiary/aromatic N) is 1. The number of aromatic hydroxyl groups is 1. The second kappa shape index (κ2) is 8.85. The minimum Gasteiger partial charge on any atom is -0.507 e. The van der Waals surface area contributed by atoms with Crippen molar-refractivity contribution in [3.05, 3.63) is 65.0 Å². The van der Waals surface area contributed by atoms with Crippen LogP contribution in [-0.4, -0.2) is 30.3 Å². The summed E-state index contributed by atoms with van der Waals surface area (Å²) < 4.78 is 10.3. The van der Waals surface area contributed by atoms with Gasteiger partial charge in [0.2, 0.25) is 0 Å². The lowest BCUT2D eigenvalue weighted by Crippen LogP contribution is -2.07. The van der Waals surface area contributed by atoms with Gasteiger partial charge in [0.05, 0.1) is 19.9 Å². The zero-order valence-corrected chi connectivity index (χ0v) is 15.3. The number of phenolic OH excluding ortho intramolecular Hbond substituents is 1. The number of rotatable bonds is 7. The number of pyridine rings is 1. The third-order valence-electron chi connectivity index (χ3n) is 3.93. The van der Waals surface area contributed by atoms with Gasteiger partial charge >= 0.3 is 5.97 Å². The van der Waals surface area contributed by atoms with Crippen LogP contribution in [0.2, 0.25) is 0 Å². The van der Waals surface area contributed by atoms with Crippen molar-refractivity contribution < 1.29 is 19.4 Å². The first-order chi connectivity index (χ1) is 12.5. The molecule has 136 valence electrons. The Balaban J connectivity index is 2.55. The van der Waals surface area contributed by atoms with Gasteiger partial charge in [0.15, 0.2) is 0 Å². The average Bonchev–Trinajstić information content (AvgIpc) is 2.65. The summed E-state index contributed by atoms with van der Waals surface area (Å²) in [4.78, 5) is 16.5. The molecular weight excluding hydrogens is 330 g/mol. The number of esters is 1. The number of benzene rings is 1. The van der Waals surface area contributed by atoms with Crippen molar-refractivity contribution >= 4 is 18.1 Å². The second-order valence-corrected chi connectivity index (χ2v) is 5.91. The molecule has 2 rings (SSSR count). The fourth-order valence-electron chi connectivity index (χ4n) is 2.56. The molecule has 0 saturated carbocycles. The van der Waals surface area contributed by atoms with E-state index in [4.69, 9.17) is 9.47 Å². The predicted molar refractivity (Wildman–Crippen MR) is 102 cm³/mol. The first kappa shape index (κ1) is 19.2. The highest BCUT2D eigenvalue weighted by Crippen LogP contribution is 2.37. The lowest BCUT2D eigenvalue weighted by molar-refractivity contribution is 0.0597. The molecule has 0 fully saturated rings. The molecule has 0 aliphatic heterocycles. The van der Waals surface area contributed by atoms with Crippen LogP contribution in [-0.2, 0) is 11.2 Å². The van der Waals surface area contributed by atoms with Crippen molar-refractivity contribution in [1.82, 2.24) is 4.98 Å². The van der Waals surface area contributed by atoms with Gasteiger partial charge in [-0.3, -0.25) is 4.98 Å². The summed E-state index contributed by atoms with van der Waals surface area (Å²) in [5.74, 6) is -0.224. The van der Waals surface area contributed by atoms with Crippen LogP contribution in [0.3, 0.4) is 0 Å². The summed E-state index contributed by atoms with van der Waals surface area (Å²) in [6.07, 6.45) is 6.33.